The maximum absolute atomic E-state index is 5.95. The van der Waals surface area contributed by atoms with E-state index in [2.05, 4.69) is 13.8 Å². The molecule has 0 aromatic heterocycles. The van der Waals surface area contributed by atoms with Gasteiger partial charge in [-0.2, -0.15) is 0 Å². The zero-order chi connectivity index (χ0) is 8.54. The van der Waals surface area contributed by atoms with E-state index < -0.39 is 7.87 Å². The van der Waals surface area contributed by atoms with Crippen molar-refractivity contribution in [2.24, 2.45) is 5.41 Å². The highest BCUT2D eigenvalue weighted by molar-refractivity contribution is 7.15. The molecule has 0 saturated carbocycles. The normalized spacial score (nSPS) is 28.4. The molecule has 0 aromatic rings. The lowest BCUT2D eigenvalue weighted by Gasteiger charge is -2.36. The Morgan fingerprint density at radius 3 is 2.18 bits per heavy atom. The van der Waals surface area contributed by atoms with Gasteiger partial charge in [-0.25, -0.2) is 0 Å². The molecule has 1 fully saturated rings. The van der Waals surface area contributed by atoms with Gasteiger partial charge in [0.15, 0.2) is 0 Å². The van der Waals surface area contributed by atoms with Crippen LogP contribution in [0, 0.1) is 5.41 Å². The topological polar surface area (TPSA) is 18.5 Å². The Kier molecular flexibility index (Phi) is 2.87. The van der Waals surface area contributed by atoms with Crippen LogP contribution in [0.4, 0.5) is 0 Å². The molecule has 0 aliphatic carbocycles. The van der Waals surface area contributed by atoms with E-state index in [9.17, 15) is 0 Å². The van der Waals surface area contributed by atoms with Crippen LogP contribution in [0.25, 0.3) is 0 Å². The molecule has 66 valence electrons. The number of alkyl halides is 1. The van der Waals surface area contributed by atoms with Crippen LogP contribution in [0.5, 0.6) is 0 Å². The summed E-state index contributed by atoms with van der Waals surface area (Å²) in [6.45, 7) is 5.45. The highest BCUT2D eigenvalue weighted by Crippen LogP contribution is 2.29. The Labute approximate surface area is 77.7 Å². The van der Waals surface area contributed by atoms with Crippen molar-refractivity contribution in [2.75, 3.05) is 18.7 Å². The van der Waals surface area contributed by atoms with Gasteiger partial charge in [0.2, 0.25) is 0 Å². The van der Waals surface area contributed by atoms with Crippen molar-refractivity contribution in [1.82, 2.24) is 0 Å². The molecule has 5 heteroatoms. The van der Waals surface area contributed by atoms with Gasteiger partial charge in [0.25, 0.3) is 0 Å². The Morgan fingerprint density at radius 2 is 1.82 bits per heavy atom. The smallest absolute Gasteiger partial charge is 0.382 e. The van der Waals surface area contributed by atoms with E-state index >= 15 is 0 Å². The molecule has 0 amide bonds. The number of hydrogen-bond acceptors (Lipinski definition) is 2. The molecule has 0 bridgehead atoms. The standard InChI is InChI=1S/C6H12Cl2O2Si/c1-6(2)3-9-11(8,5-7)10-4-6/h3-5H2,1-2H3. The molecular formula is C6H12Cl2O2Si. The van der Waals surface area contributed by atoms with Gasteiger partial charge < -0.3 is 8.85 Å². The molecule has 1 rings (SSSR count). The molecule has 11 heavy (non-hydrogen) atoms. The van der Waals surface area contributed by atoms with Gasteiger partial charge in [-0.3, -0.25) is 0 Å². The molecule has 0 aromatic carbocycles. The van der Waals surface area contributed by atoms with Crippen LogP contribution in [-0.4, -0.2) is 26.6 Å². The predicted molar refractivity (Wildman–Crippen MR) is 48.0 cm³/mol. The first-order chi connectivity index (χ1) is 4.97. The minimum atomic E-state index is -2.46. The van der Waals surface area contributed by atoms with E-state index in [1.165, 1.54) is 0 Å². The maximum atomic E-state index is 5.95. The van der Waals surface area contributed by atoms with Crippen molar-refractivity contribution >= 4 is 30.6 Å². The van der Waals surface area contributed by atoms with Crippen LogP contribution in [0.1, 0.15) is 13.8 Å². The van der Waals surface area contributed by atoms with Gasteiger partial charge >= 0.3 is 7.87 Å². The predicted octanol–water partition coefficient (Wildman–Crippen LogP) is 2.02. The molecule has 0 spiro atoms. The number of hydrogen-bond donors (Lipinski definition) is 0. The summed E-state index contributed by atoms with van der Waals surface area (Å²) in [7, 11) is -2.46. The van der Waals surface area contributed by atoms with Gasteiger partial charge in [0.05, 0.1) is 5.50 Å². The molecular weight excluding hydrogens is 203 g/mol. The van der Waals surface area contributed by atoms with Gasteiger partial charge in [-0.15, -0.1) is 11.6 Å². The first kappa shape index (κ1) is 9.80. The van der Waals surface area contributed by atoms with Crippen molar-refractivity contribution < 1.29 is 8.85 Å². The first-order valence-corrected chi connectivity index (χ1v) is 7.07. The summed E-state index contributed by atoms with van der Waals surface area (Å²) in [5.41, 5.74) is 0.377. The Balaban J connectivity index is 2.48. The van der Waals surface area contributed by atoms with Gasteiger partial charge in [-0.1, -0.05) is 24.9 Å². The zero-order valence-corrected chi connectivity index (χ0v) is 9.21. The second kappa shape index (κ2) is 3.22. The Bertz CT molecular complexity index is 142. The van der Waals surface area contributed by atoms with Crippen molar-refractivity contribution in [3.8, 4) is 0 Å². The molecule has 1 aliphatic heterocycles. The van der Waals surface area contributed by atoms with Crippen molar-refractivity contribution in [3.05, 3.63) is 0 Å². The summed E-state index contributed by atoms with van der Waals surface area (Å²) in [4.78, 5) is 0. The monoisotopic (exact) mass is 214 g/mol. The molecule has 1 aliphatic rings. The zero-order valence-electron chi connectivity index (χ0n) is 6.69. The van der Waals surface area contributed by atoms with Crippen LogP contribution < -0.4 is 0 Å². The first-order valence-electron chi connectivity index (χ1n) is 3.50. The molecule has 1 heterocycles. The summed E-state index contributed by atoms with van der Waals surface area (Å²) >= 11 is 11.5. The van der Waals surface area contributed by atoms with E-state index in [1.54, 1.807) is 0 Å². The minimum absolute atomic E-state index is 0.0808. The van der Waals surface area contributed by atoms with Crippen LogP contribution in [-0.2, 0) is 8.85 Å². The largest absolute Gasteiger partial charge is 0.458 e. The second-order valence-electron chi connectivity index (χ2n) is 3.54. The molecule has 0 radical (unpaired) electrons. The third-order valence-corrected chi connectivity index (χ3v) is 5.51. The molecule has 2 nitrogen and oxygen atoms in total. The average molecular weight is 215 g/mol. The third-order valence-electron chi connectivity index (χ3n) is 1.52. The summed E-state index contributed by atoms with van der Waals surface area (Å²) in [6, 6.07) is 0. The number of halogens is 2. The lowest BCUT2D eigenvalue weighted by molar-refractivity contribution is 0.0244. The van der Waals surface area contributed by atoms with Crippen LogP contribution in [0.15, 0.2) is 0 Å². The molecule has 0 unspecified atom stereocenters. The fourth-order valence-corrected chi connectivity index (χ4v) is 3.01. The van der Waals surface area contributed by atoms with E-state index in [-0.39, 0.29) is 5.41 Å². The van der Waals surface area contributed by atoms with E-state index in [4.69, 9.17) is 31.5 Å². The average Bonchev–Trinajstić information content (AvgIpc) is 1.97. The maximum Gasteiger partial charge on any atom is 0.458 e. The van der Waals surface area contributed by atoms with E-state index in [0.29, 0.717) is 18.7 Å². The lowest BCUT2D eigenvalue weighted by Crippen LogP contribution is -2.49. The molecule has 1 saturated heterocycles. The van der Waals surface area contributed by atoms with E-state index in [0.717, 1.165) is 0 Å². The lowest BCUT2D eigenvalue weighted by atomic mass is 9.97. The van der Waals surface area contributed by atoms with Gasteiger partial charge in [0, 0.05) is 18.6 Å². The quantitative estimate of drug-likeness (QED) is 0.378. The fraction of sp³-hybridized carbons (Fsp3) is 1.00. The SMILES string of the molecule is CC1(C)CO[Si](Cl)(CCl)OC1. The second-order valence-corrected chi connectivity index (χ2v) is 8.23. The summed E-state index contributed by atoms with van der Waals surface area (Å²) in [5, 5.41) is 0. The molecule has 0 N–H and O–H groups in total. The Morgan fingerprint density at radius 1 is 1.36 bits per heavy atom. The fourth-order valence-electron chi connectivity index (χ4n) is 0.767. The van der Waals surface area contributed by atoms with E-state index in [1.807, 2.05) is 0 Å². The summed E-state index contributed by atoms with van der Waals surface area (Å²) in [5.74, 6) is 0. The van der Waals surface area contributed by atoms with Gasteiger partial charge in [0.1, 0.15) is 0 Å². The van der Waals surface area contributed by atoms with Crippen molar-refractivity contribution in [3.63, 3.8) is 0 Å². The summed E-state index contributed by atoms with van der Waals surface area (Å²) in [6.07, 6.45) is 0. The van der Waals surface area contributed by atoms with Gasteiger partial charge in [-0.05, 0) is 0 Å². The van der Waals surface area contributed by atoms with Crippen molar-refractivity contribution in [2.45, 2.75) is 13.8 Å². The highest BCUT2D eigenvalue weighted by atomic mass is 35.6. The van der Waals surface area contributed by atoms with Crippen molar-refractivity contribution in [1.29, 1.82) is 0 Å². The number of rotatable bonds is 1. The highest BCUT2D eigenvalue weighted by Gasteiger charge is 2.42. The van der Waals surface area contributed by atoms with Crippen LogP contribution in [0.3, 0.4) is 0 Å². The molecule has 0 atom stereocenters. The van der Waals surface area contributed by atoms with Crippen LogP contribution >= 0.6 is 22.7 Å². The third kappa shape index (κ3) is 2.59. The Hall–Kier alpha value is 0.717. The van der Waals surface area contributed by atoms with Crippen LogP contribution in [0.2, 0.25) is 0 Å². The summed E-state index contributed by atoms with van der Waals surface area (Å²) < 4.78 is 10.8. The minimum Gasteiger partial charge on any atom is -0.382 e.